The van der Waals surface area contributed by atoms with Crippen LogP contribution in [0.3, 0.4) is 0 Å². The Labute approximate surface area is 122 Å². The molecule has 0 saturated carbocycles. The second kappa shape index (κ2) is 5.34. The second-order valence-corrected chi connectivity index (χ2v) is 5.97. The number of nitrogens with zero attached hydrogens (tertiary/aromatic N) is 1. The molecule has 0 fully saturated rings. The minimum Gasteiger partial charge on any atom is -0.312 e. The highest BCUT2D eigenvalue weighted by molar-refractivity contribution is 7.13. The van der Waals surface area contributed by atoms with Crippen molar-refractivity contribution in [3.8, 4) is 0 Å². The number of benzene rings is 1. The highest BCUT2D eigenvalue weighted by Gasteiger charge is 2.27. The first-order chi connectivity index (χ1) is 9.65. The molecule has 0 spiro atoms. The van der Waals surface area contributed by atoms with E-state index in [1.54, 1.807) is 0 Å². The number of anilines is 1. The molecule has 0 saturated heterocycles. The molecule has 2 N–H and O–H groups in total. The van der Waals surface area contributed by atoms with Gasteiger partial charge in [0, 0.05) is 18.5 Å². The average Bonchev–Trinajstić information content (AvgIpc) is 2.84. The zero-order valence-electron chi connectivity index (χ0n) is 11.6. The van der Waals surface area contributed by atoms with Crippen LogP contribution in [0.1, 0.15) is 28.3 Å². The summed E-state index contributed by atoms with van der Waals surface area (Å²) in [5.74, 6) is -0.138. The molecule has 0 radical (unpaired) electrons. The number of hydrogen-bond donors (Lipinski definition) is 2. The third-order valence-corrected chi connectivity index (χ3v) is 4.51. The van der Waals surface area contributed by atoms with E-state index in [4.69, 9.17) is 0 Å². The minimum absolute atomic E-state index is 0.0124. The number of fused-ring (bicyclic) bond motifs is 1. The number of carbonyl (C=O) groups excluding carboxylic acids is 1. The fourth-order valence-electron chi connectivity index (χ4n) is 2.58. The topological polar surface area (TPSA) is 54.0 Å². The molecule has 0 bridgehead atoms. The zero-order chi connectivity index (χ0) is 14.1. The quantitative estimate of drug-likeness (QED) is 0.892. The first kappa shape index (κ1) is 13.3. The number of rotatable bonds is 2. The van der Waals surface area contributed by atoms with E-state index in [1.165, 1.54) is 22.5 Å². The van der Waals surface area contributed by atoms with E-state index in [-0.39, 0.29) is 11.8 Å². The van der Waals surface area contributed by atoms with Gasteiger partial charge in [-0.2, -0.15) is 0 Å². The van der Waals surface area contributed by atoms with E-state index < -0.39 is 0 Å². The lowest BCUT2D eigenvalue weighted by Gasteiger charge is -2.26. The van der Waals surface area contributed by atoms with E-state index in [1.807, 2.05) is 18.4 Å². The minimum atomic E-state index is -0.150. The van der Waals surface area contributed by atoms with Gasteiger partial charge in [-0.15, -0.1) is 11.3 Å². The first-order valence-corrected chi connectivity index (χ1v) is 7.55. The number of nitrogens with one attached hydrogen (secondary N) is 2. The standard InChI is InChI=1S/C15H17N3OS/c1-9-4-3-5-11-12(9)6-16-7-13(11)14(19)18-15-17-10(2)8-20-15/h3-5,8,13,16H,6-7H2,1-2H3,(H,17,18,19). The number of hydrogen-bond acceptors (Lipinski definition) is 4. The molecule has 1 aromatic heterocycles. The fourth-order valence-corrected chi connectivity index (χ4v) is 3.27. The predicted molar refractivity (Wildman–Crippen MR) is 81.1 cm³/mol. The number of carbonyl (C=O) groups is 1. The summed E-state index contributed by atoms with van der Waals surface area (Å²) in [5.41, 5.74) is 4.55. The zero-order valence-corrected chi connectivity index (χ0v) is 12.4. The number of aromatic nitrogens is 1. The molecule has 1 aliphatic heterocycles. The van der Waals surface area contributed by atoms with Crippen LogP contribution in [-0.2, 0) is 11.3 Å². The third kappa shape index (κ3) is 2.46. The summed E-state index contributed by atoms with van der Waals surface area (Å²) in [6.07, 6.45) is 0. The van der Waals surface area contributed by atoms with Crippen molar-refractivity contribution in [2.24, 2.45) is 0 Å². The van der Waals surface area contributed by atoms with Crippen molar-refractivity contribution in [3.05, 3.63) is 46.0 Å². The summed E-state index contributed by atoms with van der Waals surface area (Å²) >= 11 is 1.46. The van der Waals surface area contributed by atoms with E-state index in [2.05, 4.69) is 34.7 Å². The third-order valence-electron chi connectivity index (χ3n) is 3.64. The van der Waals surface area contributed by atoms with Gasteiger partial charge in [0.2, 0.25) is 5.91 Å². The highest BCUT2D eigenvalue weighted by atomic mass is 32.1. The first-order valence-electron chi connectivity index (χ1n) is 6.67. The van der Waals surface area contributed by atoms with Crippen molar-refractivity contribution in [2.45, 2.75) is 26.3 Å². The normalized spacial score (nSPS) is 17.6. The Balaban J connectivity index is 1.85. The van der Waals surface area contributed by atoms with E-state index in [0.29, 0.717) is 11.7 Å². The second-order valence-electron chi connectivity index (χ2n) is 5.11. The molecule has 1 amide bonds. The van der Waals surface area contributed by atoms with Crippen molar-refractivity contribution in [1.29, 1.82) is 0 Å². The predicted octanol–water partition coefficient (Wildman–Crippen LogP) is 2.59. The average molecular weight is 287 g/mol. The van der Waals surface area contributed by atoms with E-state index in [0.717, 1.165) is 17.8 Å². The molecule has 3 rings (SSSR count). The Kier molecular flexibility index (Phi) is 3.54. The molecule has 1 aliphatic rings. The van der Waals surface area contributed by atoms with Gasteiger partial charge in [-0.3, -0.25) is 4.79 Å². The van der Waals surface area contributed by atoms with E-state index in [9.17, 15) is 4.79 Å². The van der Waals surface area contributed by atoms with Gasteiger partial charge in [0.15, 0.2) is 5.13 Å². The lowest BCUT2D eigenvalue weighted by molar-refractivity contribution is -0.117. The van der Waals surface area contributed by atoms with Crippen LogP contribution in [0.5, 0.6) is 0 Å². The van der Waals surface area contributed by atoms with Crippen LogP contribution in [0.15, 0.2) is 23.6 Å². The molecule has 4 nitrogen and oxygen atoms in total. The van der Waals surface area contributed by atoms with Crippen molar-refractivity contribution in [2.75, 3.05) is 11.9 Å². The lowest BCUT2D eigenvalue weighted by Crippen LogP contribution is -2.35. The summed E-state index contributed by atoms with van der Waals surface area (Å²) < 4.78 is 0. The molecule has 1 aromatic carbocycles. The van der Waals surface area contributed by atoms with Gasteiger partial charge in [-0.05, 0) is 30.5 Å². The van der Waals surface area contributed by atoms with Crippen LogP contribution in [0.25, 0.3) is 0 Å². The summed E-state index contributed by atoms with van der Waals surface area (Å²) in [4.78, 5) is 16.8. The maximum absolute atomic E-state index is 12.5. The molecule has 20 heavy (non-hydrogen) atoms. The molecule has 0 aliphatic carbocycles. The van der Waals surface area contributed by atoms with Crippen LogP contribution >= 0.6 is 11.3 Å². The fraction of sp³-hybridized carbons (Fsp3) is 0.333. The Hall–Kier alpha value is -1.72. The molecular weight excluding hydrogens is 270 g/mol. The van der Waals surface area contributed by atoms with Crippen molar-refractivity contribution < 1.29 is 4.79 Å². The van der Waals surface area contributed by atoms with Gasteiger partial charge in [0.25, 0.3) is 0 Å². The summed E-state index contributed by atoms with van der Waals surface area (Å²) in [5, 5.41) is 8.86. The smallest absolute Gasteiger partial charge is 0.235 e. The Morgan fingerprint density at radius 3 is 3.05 bits per heavy atom. The molecule has 2 aromatic rings. The highest BCUT2D eigenvalue weighted by Crippen LogP contribution is 2.28. The van der Waals surface area contributed by atoms with Crippen LogP contribution < -0.4 is 10.6 Å². The van der Waals surface area contributed by atoms with Gasteiger partial charge >= 0.3 is 0 Å². The molecule has 1 atom stereocenters. The molecule has 1 unspecified atom stereocenters. The van der Waals surface area contributed by atoms with Crippen LogP contribution in [0.2, 0.25) is 0 Å². The van der Waals surface area contributed by atoms with Gasteiger partial charge in [0.1, 0.15) is 0 Å². The molecule has 2 heterocycles. The Morgan fingerprint density at radius 1 is 1.45 bits per heavy atom. The van der Waals surface area contributed by atoms with Crippen LogP contribution in [0.4, 0.5) is 5.13 Å². The SMILES string of the molecule is Cc1csc(NC(=O)C2CNCc3c(C)cccc32)n1. The monoisotopic (exact) mass is 287 g/mol. The van der Waals surface area contributed by atoms with Gasteiger partial charge in [-0.25, -0.2) is 4.98 Å². The van der Waals surface area contributed by atoms with Crippen molar-refractivity contribution >= 4 is 22.4 Å². The number of thiazole rings is 1. The summed E-state index contributed by atoms with van der Waals surface area (Å²) in [6.45, 7) is 5.52. The molecule has 104 valence electrons. The molecular formula is C15H17N3OS. The van der Waals surface area contributed by atoms with Crippen molar-refractivity contribution in [3.63, 3.8) is 0 Å². The van der Waals surface area contributed by atoms with Gasteiger partial charge in [0.05, 0.1) is 11.6 Å². The number of amides is 1. The lowest BCUT2D eigenvalue weighted by atomic mass is 9.88. The number of aryl methyl sites for hydroxylation is 2. The van der Waals surface area contributed by atoms with Gasteiger partial charge < -0.3 is 10.6 Å². The maximum atomic E-state index is 12.5. The summed E-state index contributed by atoms with van der Waals surface area (Å²) in [6, 6.07) is 6.17. The molecule has 5 heteroatoms. The van der Waals surface area contributed by atoms with Crippen LogP contribution in [-0.4, -0.2) is 17.4 Å². The summed E-state index contributed by atoms with van der Waals surface area (Å²) in [7, 11) is 0. The largest absolute Gasteiger partial charge is 0.312 e. The maximum Gasteiger partial charge on any atom is 0.235 e. The Bertz CT molecular complexity index is 650. The van der Waals surface area contributed by atoms with Crippen molar-refractivity contribution in [1.82, 2.24) is 10.3 Å². The Morgan fingerprint density at radius 2 is 2.30 bits per heavy atom. The van der Waals surface area contributed by atoms with Gasteiger partial charge in [-0.1, -0.05) is 18.2 Å². The van der Waals surface area contributed by atoms with Crippen LogP contribution in [0, 0.1) is 13.8 Å². The van der Waals surface area contributed by atoms with E-state index >= 15 is 0 Å².